The van der Waals surface area contributed by atoms with Gasteiger partial charge in [0.2, 0.25) is 0 Å². The van der Waals surface area contributed by atoms with E-state index in [9.17, 15) is 0 Å². The first-order valence-corrected chi connectivity index (χ1v) is 6.82. The number of hydrogen-bond acceptors (Lipinski definition) is 3. The van der Waals surface area contributed by atoms with Gasteiger partial charge in [0.15, 0.2) is 0 Å². The molecular weight excluding hydrogens is 226 g/mol. The van der Waals surface area contributed by atoms with Crippen molar-refractivity contribution < 1.29 is 9.47 Å². The van der Waals surface area contributed by atoms with Crippen LogP contribution in [0, 0.1) is 5.92 Å². The van der Waals surface area contributed by atoms with E-state index in [1.165, 1.54) is 6.42 Å². The molecular formula is C15H25NO2. The highest BCUT2D eigenvalue weighted by Crippen LogP contribution is 2.17. The van der Waals surface area contributed by atoms with E-state index in [2.05, 4.69) is 19.2 Å². The molecule has 0 aliphatic heterocycles. The van der Waals surface area contributed by atoms with Crippen LogP contribution in [0.1, 0.15) is 27.2 Å². The second-order valence-corrected chi connectivity index (χ2v) is 4.52. The molecule has 0 fully saturated rings. The van der Waals surface area contributed by atoms with Crippen LogP contribution in [0.3, 0.4) is 0 Å². The van der Waals surface area contributed by atoms with Crippen LogP contribution in [0.25, 0.3) is 0 Å². The van der Waals surface area contributed by atoms with Crippen LogP contribution >= 0.6 is 0 Å². The largest absolute Gasteiger partial charge is 0.494 e. The third-order valence-corrected chi connectivity index (χ3v) is 2.59. The lowest BCUT2D eigenvalue weighted by Crippen LogP contribution is -2.25. The second kappa shape index (κ2) is 8.81. The van der Waals surface area contributed by atoms with Crippen molar-refractivity contribution in [3.63, 3.8) is 0 Å². The Morgan fingerprint density at radius 2 is 1.67 bits per heavy atom. The predicted octanol–water partition coefficient (Wildman–Crippen LogP) is 3.10. The first-order chi connectivity index (χ1) is 8.76. The molecule has 1 unspecified atom stereocenters. The van der Waals surface area contributed by atoms with Crippen LogP contribution in [0.4, 0.5) is 0 Å². The zero-order valence-corrected chi connectivity index (χ0v) is 11.7. The topological polar surface area (TPSA) is 30.5 Å². The lowest BCUT2D eigenvalue weighted by molar-refractivity contribution is 0.255. The van der Waals surface area contributed by atoms with Crippen molar-refractivity contribution in [2.45, 2.75) is 27.2 Å². The molecule has 18 heavy (non-hydrogen) atoms. The van der Waals surface area contributed by atoms with Crippen LogP contribution < -0.4 is 14.8 Å². The molecule has 1 N–H and O–H groups in total. The summed E-state index contributed by atoms with van der Waals surface area (Å²) < 4.78 is 11.1. The van der Waals surface area contributed by atoms with Gasteiger partial charge in [0.05, 0.1) is 13.2 Å². The van der Waals surface area contributed by atoms with E-state index in [4.69, 9.17) is 9.47 Å². The van der Waals surface area contributed by atoms with Crippen molar-refractivity contribution in [1.29, 1.82) is 0 Å². The van der Waals surface area contributed by atoms with Crippen molar-refractivity contribution in [2.24, 2.45) is 5.92 Å². The molecule has 1 rings (SSSR count). The maximum atomic E-state index is 5.74. The van der Waals surface area contributed by atoms with E-state index in [-0.39, 0.29) is 0 Å². The van der Waals surface area contributed by atoms with Crippen molar-refractivity contribution in [3.05, 3.63) is 24.3 Å². The molecule has 1 aromatic rings. The van der Waals surface area contributed by atoms with E-state index in [1.54, 1.807) is 0 Å². The summed E-state index contributed by atoms with van der Waals surface area (Å²) in [5.74, 6) is 2.31. The van der Waals surface area contributed by atoms with E-state index >= 15 is 0 Å². The lowest BCUT2D eigenvalue weighted by Gasteiger charge is -2.14. The average Bonchev–Trinajstić information content (AvgIpc) is 2.39. The summed E-state index contributed by atoms with van der Waals surface area (Å²) in [6.07, 6.45) is 1.17. The third-order valence-electron chi connectivity index (χ3n) is 2.59. The third kappa shape index (κ3) is 5.92. The molecule has 0 spiro atoms. The monoisotopic (exact) mass is 251 g/mol. The standard InChI is InChI=1S/C15H25NO2/c1-4-10-16-11-13(3)12-18-15-8-6-14(7-9-15)17-5-2/h6-9,13,16H,4-5,10-12H2,1-3H3. The average molecular weight is 251 g/mol. The first-order valence-electron chi connectivity index (χ1n) is 6.82. The molecule has 0 heterocycles. The smallest absolute Gasteiger partial charge is 0.119 e. The molecule has 102 valence electrons. The fourth-order valence-electron chi connectivity index (χ4n) is 1.62. The van der Waals surface area contributed by atoms with Gasteiger partial charge in [0.25, 0.3) is 0 Å². The van der Waals surface area contributed by atoms with Crippen molar-refractivity contribution in [3.8, 4) is 11.5 Å². The van der Waals surface area contributed by atoms with Crippen LogP contribution in [0.5, 0.6) is 11.5 Å². The quantitative estimate of drug-likeness (QED) is 0.684. The number of nitrogens with one attached hydrogen (secondary N) is 1. The van der Waals surface area contributed by atoms with Gasteiger partial charge in [-0.05, 0) is 44.2 Å². The van der Waals surface area contributed by atoms with E-state index in [0.717, 1.165) is 31.2 Å². The number of ether oxygens (including phenoxy) is 2. The van der Waals surface area contributed by atoms with Crippen LogP contribution in [0.2, 0.25) is 0 Å². The maximum Gasteiger partial charge on any atom is 0.119 e. The minimum atomic E-state index is 0.517. The van der Waals surface area contributed by atoms with Gasteiger partial charge in [-0.1, -0.05) is 13.8 Å². The summed E-state index contributed by atoms with van der Waals surface area (Å²) in [6.45, 7) is 9.87. The van der Waals surface area contributed by atoms with Gasteiger partial charge in [-0.3, -0.25) is 0 Å². The minimum absolute atomic E-state index is 0.517. The van der Waals surface area contributed by atoms with Crippen LogP contribution in [0.15, 0.2) is 24.3 Å². The highest BCUT2D eigenvalue weighted by atomic mass is 16.5. The summed E-state index contributed by atoms with van der Waals surface area (Å²) in [5.41, 5.74) is 0. The highest BCUT2D eigenvalue weighted by molar-refractivity contribution is 5.31. The zero-order valence-electron chi connectivity index (χ0n) is 11.7. The summed E-state index contributed by atoms with van der Waals surface area (Å²) >= 11 is 0. The van der Waals surface area contributed by atoms with Crippen LogP contribution in [-0.4, -0.2) is 26.3 Å². The molecule has 3 nitrogen and oxygen atoms in total. The zero-order chi connectivity index (χ0) is 13.2. The molecule has 3 heteroatoms. The molecule has 0 radical (unpaired) electrons. The Morgan fingerprint density at radius 3 is 2.22 bits per heavy atom. The predicted molar refractivity (Wildman–Crippen MR) is 75.4 cm³/mol. The summed E-state index contributed by atoms with van der Waals surface area (Å²) in [7, 11) is 0. The normalized spacial score (nSPS) is 12.2. The Morgan fingerprint density at radius 1 is 1.06 bits per heavy atom. The SMILES string of the molecule is CCCNCC(C)COc1ccc(OCC)cc1. The first kappa shape index (κ1) is 14.8. The molecule has 0 aliphatic carbocycles. The van der Waals surface area contributed by atoms with E-state index in [0.29, 0.717) is 12.5 Å². The summed E-state index contributed by atoms with van der Waals surface area (Å²) in [5, 5.41) is 3.40. The Bertz CT molecular complexity index is 311. The number of benzene rings is 1. The Labute approximate surface area is 110 Å². The van der Waals surface area contributed by atoms with E-state index in [1.807, 2.05) is 31.2 Å². The molecule has 0 saturated carbocycles. The molecule has 1 atom stereocenters. The second-order valence-electron chi connectivity index (χ2n) is 4.52. The highest BCUT2D eigenvalue weighted by Gasteiger charge is 2.03. The van der Waals surface area contributed by atoms with E-state index < -0.39 is 0 Å². The van der Waals surface area contributed by atoms with Gasteiger partial charge < -0.3 is 14.8 Å². The van der Waals surface area contributed by atoms with Gasteiger partial charge in [0.1, 0.15) is 11.5 Å². The summed E-state index contributed by atoms with van der Waals surface area (Å²) in [6, 6.07) is 7.80. The Hall–Kier alpha value is -1.22. The summed E-state index contributed by atoms with van der Waals surface area (Å²) in [4.78, 5) is 0. The van der Waals surface area contributed by atoms with Crippen molar-refractivity contribution >= 4 is 0 Å². The fourth-order valence-corrected chi connectivity index (χ4v) is 1.62. The van der Waals surface area contributed by atoms with Gasteiger partial charge in [0, 0.05) is 12.5 Å². The number of hydrogen-bond donors (Lipinski definition) is 1. The molecule has 0 amide bonds. The molecule has 0 aromatic heterocycles. The van der Waals surface area contributed by atoms with Crippen molar-refractivity contribution in [1.82, 2.24) is 5.32 Å². The van der Waals surface area contributed by atoms with Gasteiger partial charge in [-0.2, -0.15) is 0 Å². The Kier molecular flexibility index (Phi) is 7.26. The minimum Gasteiger partial charge on any atom is -0.494 e. The van der Waals surface area contributed by atoms with Crippen molar-refractivity contribution in [2.75, 3.05) is 26.3 Å². The maximum absolute atomic E-state index is 5.74. The number of rotatable bonds is 9. The molecule has 0 aliphatic rings. The molecule has 0 bridgehead atoms. The molecule has 1 aromatic carbocycles. The lowest BCUT2D eigenvalue weighted by atomic mass is 10.2. The fraction of sp³-hybridized carbons (Fsp3) is 0.600. The van der Waals surface area contributed by atoms with Gasteiger partial charge >= 0.3 is 0 Å². The Balaban J connectivity index is 2.25. The van der Waals surface area contributed by atoms with Gasteiger partial charge in [-0.15, -0.1) is 0 Å². The van der Waals surface area contributed by atoms with Crippen LogP contribution in [-0.2, 0) is 0 Å². The molecule has 0 saturated heterocycles. The van der Waals surface area contributed by atoms with Gasteiger partial charge in [-0.25, -0.2) is 0 Å².